The van der Waals surface area contributed by atoms with Crippen molar-refractivity contribution in [2.75, 3.05) is 27.9 Å². The number of hydrogen-bond acceptors (Lipinski definition) is 4. The third kappa shape index (κ3) is 3.45. The van der Waals surface area contributed by atoms with Gasteiger partial charge in [0.05, 0.1) is 26.9 Å². The fraction of sp³-hybridized carbons (Fsp3) is 0.571. The lowest BCUT2D eigenvalue weighted by atomic mass is 9.95. The van der Waals surface area contributed by atoms with E-state index in [1.807, 2.05) is 12.1 Å². The number of hydrogen-bond donors (Lipinski definition) is 1. The summed E-state index contributed by atoms with van der Waals surface area (Å²) in [6.45, 7) is 1.04. The number of benzene rings is 1. The molecule has 1 aromatic carbocycles. The maximum atomic E-state index is 5.48. The standard InChI is InChI=1S/C14H21NO3.ClH/c1-16-10-8-12(17-2)14(13(9-10)18-3)11-6-4-5-7-15-11;/h8-9,11,15H,4-7H2,1-3H3;1H/t11-;/m0./s1. The summed E-state index contributed by atoms with van der Waals surface area (Å²) in [6, 6.07) is 4.12. The second-order valence-corrected chi connectivity index (χ2v) is 4.45. The molecule has 0 saturated carbocycles. The van der Waals surface area contributed by atoms with Crippen LogP contribution in [0, 0.1) is 0 Å². The summed E-state index contributed by atoms with van der Waals surface area (Å²) in [5.41, 5.74) is 1.10. The zero-order valence-electron chi connectivity index (χ0n) is 11.7. The lowest BCUT2D eigenvalue weighted by Crippen LogP contribution is -2.27. The van der Waals surface area contributed by atoms with E-state index in [1.54, 1.807) is 21.3 Å². The molecule has 0 radical (unpaired) electrons. The topological polar surface area (TPSA) is 39.7 Å². The normalized spacial score (nSPS) is 18.4. The predicted octanol–water partition coefficient (Wildman–Crippen LogP) is 2.95. The Morgan fingerprint density at radius 2 is 1.63 bits per heavy atom. The molecule has 1 aromatic rings. The molecule has 108 valence electrons. The quantitative estimate of drug-likeness (QED) is 0.924. The van der Waals surface area contributed by atoms with Gasteiger partial charge in [0.15, 0.2) is 0 Å². The van der Waals surface area contributed by atoms with Crippen molar-refractivity contribution in [2.24, 2.45) is 0 Å². The van der Waals surface area contributed by atoms with Crippen LogP contribution in [0.4, 0.5) is 0 Å². The minimum absolute atomic E-state index is 0. The van der Waals surface area contributed by atoms with Gasteiger partial charge >= 0.3 is 0 Å². The number of rotatable bonds is 4. The van der Waals surface area contributed by atoms with E-state index in [0.29, 0.717) is 6.04 Å². The SMILES string of the molecule is COc1cc(OC)c([C@@H]2CCCCN2)c(OC)c1.Cl. The number of halogens is 1. The predicted molar refractivity (Wildman–Crippen MR) is 77.9 cm³/mol. The molecule has 0 bridgehead atoms. The molecular formula is C14H22ClNO3. The average Bonchev–Trinajstić information content (AvgIpc) is 2.46. The Labute approximate surface area is 120 Å². The third-order valence-electron chi connectivity index (χ3n) is 3.41. The summed E-state index contributed by atoms with van der Waals surface area (Å²) < 4.78 is 16.2. The molecule has 1 aliphatic rings. The van der Waals surface area contributed by atoms with Crippen LogP contribution in [0.2, 0.25) is 0 Å². The first-order valence-corrected chi connectivity index (χ1v) is 6.33. The van der Waals surface area contributed by atoms with E-state index in [9.17, 15) is 0 Å². The van der Waals surface area contributed by atoms with Crippen molar-refractivity contribution in [3.8, 4) is 17.2 Å². The van der Waals surface area contributed by atoms with Gasteiger partial charge in [0.1, 0.15) is 17.2 Å². The van der Waals surface area contributed by atoms with Crippen LogP contribution in [0.15, 0.2) is 12.1 Å². The molecule has 1 heterocycles. The lowest BCUT2D eigenvalue weighted by Gasteiger charge is -2.27. The average molecular weight is 288 g/mol. The van der Waals surface area contributed by atoms with Crippen molar-refractivity contribution in [3.63, 3.8) is 0 Å². The van der Waals surface area contributed by atoms with E-state index in [-0.39, 0.29) is 12.4 Å². The Balaban J connectivity index is 0.00000180. The summed E-state index contributed by atoms with van der Waals surface area (Å²) in [6.07, 6.45) is 3.58. The Morgan fingerprint density at radius 3 is 2.05 bits per heavy atom. The molecule has 1 fully saturated rings. The molecule has 0 aromatic heterocycles. The van der Waals surface area contributed by atoms with Gasteiger partial charge in [0.2, 0.25) is 0 Å². The van der Waals surface area contributed by atoms with Gasteiger partial charge in [-0.3, -0.25) is 0 Å². The van der Waals surface area contributed by atoms with E-state index in [1.165, 1.54) is 12.8 Å². The second-order valence-electron chi connectivity index (χ2n) is 4.45. The van der Waals surface area contributed by atoms with Crippen molar-refractivity contribution in [1.82, 2.24) is 5.32 Å². The first-order valence-electron chi connectivity index (χ1n) is 6.33. The Morgan fingerprint density at radius 1 is 1.00 bits per heavy atom. The molecule has 5 heteroatoms. The fourth-order valence-electron chi connectivity index (χ4n) is 2.47. The number of ether oxygens (including phenoxy) is 3. The van der Waals surface area contributed by atoms with Gasteiger partial charge in [-0.05, 0) is 19.4 Å². The first-order chi connectivity index (χ1) is 8.80. The third-order valence-corrected chi connectivity index (χ3v) is 3.41. The van der Waals surface area contributed by atoms with Crippen LogP contribution >= 0.6 is 12.4 Å². The summed E-state index contributed by atoms with van der Waals surface area (Å²) >= 11 is 0. The molecule has 1 atom stereocenters. The molecule has 0 unspecified atom stereocenters. The van der Waals surface area contributed by atoms with Crippen molar-refractivity contribution in [1.29, 1.82) is 0 Å². The van der Waals surface area contributed by atoms with Gasteiger partial charge in [-0.2, -0.15) is 0 Å². The highest BCUT2D eigenvalue weighted by atomic mass is 35.5. The molecule has 0 amide bonds. The summed E-state index contributed by atoms with van der Waals surface area (Å²) in [4.78, 5) is 0. The molecule has 4 nitrogen and oxygen atoms in total. The Hall–Kier alpha value is -1.13. The van der Waals surface area contributed by atoms with Crippen molar-refractivity contribution in [3.05, 3.63) is 17.7 Å². The van der Waals surface area contributed by atoms with Crippen molar-refractivity contribution < 1.29 is 14.2 Å². The van der Waals surface area contributed by atoms with Crippen LogP contribution < -0.4 is 19.5 Å². The largest absolute Gasteiger partial charge is 0.496 e. The Kier molecular flexibility index (Phi) is 6.25. The summed E-state index contributed by atoms with van der Waals surface area (Å²) in [7, 11) is 5.01. The number of piperidine rings is 1. The van der Waals surface area contributed by atoms with E-state index >= 15 is 0 Å². The Bertz CT molecular complexity index is 381. The van der Waals surface area contributed by atoms with Gasteiger partial charge in [-0.1, -0.05) is 6.42 Å². The van der Waals surface area contributed by atoms with Crippen LogP contribution in [-0.4, -0.2) is 27.9 Å². The molecular weight excluding hydrogens is 266 g/mol. The van der Waals surface area contributed by atoms with Crippen molar-refractivity contribution in [2.45, 2.75) is 25.3 Å². The van der Waals surface area contributed by atoms with Crippen molar-refractivity contribution >= 4 is 12.4 Å². The van der Waals surface area contributed by atoms with E-state index in [4.69, 9.17) is 14.2 Å². The highest BCUT2D eigenvalue weighted by Crippen LogP contribution is 2.40. The molecule has 0 spiro atoms. The highest BCUT2D eigenvalue weighted by Gasteiger charge is 2.23. The highest BCUT2D eigenvalue weighted by molar-refractivity contribution is 5.85. The van der Waals surface area contributed by atoms with Crippen LogP contribution in [0.25, 0.3) is 0 Å². The zero-order chi connectivity index (χ0) is 13.0. The molecule has 2 rings (SSSR count). The second kappa shape index (κ2) is 7.46. The smallest absolute Gasteiger partial charge is 0.131 e. The maximum Gasteiger partial charge on any atom is 0.131 e. The minimum atomic E-state index is 0. The number of methoxy groups -OCH3 is 3. The zero-order valence-corrected chi connectivity index (χ0v) is 12.5. The molecule has 0 aliphatic carbocycles. The van der Waals surface area contributed by atoms with Gasteiger partial charge in [0, 0.05) is 18.2 Å². The van der Waals surface area contributed by atoms with E-state index < -0.39 is 0 Å². The van der Waals surface area contributed by atoms with E-state index in [2.05, 4.69) is 5.32 Å². The fourth-order valence-corrected chi connectivity index (χ4v) is 2.47. The minimum Gasteiger partial charge on any atom is -0.496 e. The molecule has 1 aliphatic heterocycles. The van der Waals surface area contributed by atoms with Crippen LogP contribution in [0.5, 0.6) is 17.2 Å². The van der Waals surface area contributed by atoms with E-state index in [0.717, 1.165) is 35.8 Å². The first kappa shape index (κ1) is 15.9. The van der Waals surface area contributed by atoms with Crippen LogP contribution in [0.1, 0.15) is 30.9 Å². The number of nitrogens with one attached hydrogen (secondary N) is 1. The van der Waals surface area contributed by atoms with Gasteiger partial charge < -0.3 is 19.5 Å². The molecule has 19 heavy (non-hydrogen) atoms. The summed E-state index contributed by atoms with van der Waals surface area (Å²) in [5, 5.41) is 3.52. The monoisotopic (exact) mass is 287 g/mol. The maximum absolute atomic E-state index is 5.48. The lowest BCUT2D eigenvalue weighted by molar-refractivity contribution is 0.340. The van der Waals surface area contributed by atoms with Crippen LogP contribution in [0.3, 0.4) is 0 Å². The van der Waals surface area contributed by atoms with Crippen LogP contribution in [-0.2, 0) is 0 Å². The van der Waals surface area contributed by atoms with Gasteiger partial charge in [-0.15, -0.1) is 12.4 Å². The van der Waals surface area contributed by atoms with Gasteiger partial charge in [0.25, 0.3) is 0 Å². The molecule has 1 N–H and O–H groups in total. The summed E-state index contributed by atoms with van der Waals surface area (Å²) in [5.74, 6) is 2.40. The van der Waals surface area contributed by atoms with Gasteiger partial charge in [-0.25, -0.2) is 0 Å². The molecule has 1 saturated heterocycles.